The van der Waals surface area contributed by atoms with Crippen LogP contribution < -0.4 is 4.74 Å². The van der Waals surface area contributed by atoms with Gasteiger partial charge in [0.25, 0.3) is 5.91 Å². The Bertz CT molecular complexity index is 929. The summed E-state index contributed by atoms with van der Waals surface area (Å²) in [5, 5.41) is 0.969. The second-order valence-corrected chi connectivity index (χ2v) is 6.29. The van der Waals surface area contributed by atoms with Crippen molar-refractivity contribution in [2.45, 2.75) is 13.5 Å². The molecule has 6 heteroatoms. The normalized spacial score (nSPS) is 10.9. The van der Waals surface area contributed by atoms with Gasteiger partial charge in [-0.2, -0.15) is 0 Å². The minimum atomic E-state index is -0.420. The van der Waals surface area contributed by atoms with Gasteiger partial charge in [-0.25, -0.2) is 4.39 Å². The number of furan rings is 1. The highest BCUT2D eigenvalue weighted by atomic mass is 35.5. The van der Waals surface area contributed by atoms with Gasteiger partial charge in [0.05, 0.1) is 10.6 Å². The van der Waals surface area contributed by atoms with Gasteiger partial charge in [-0.3, -0.25) is 4.79 Å². The molecule has 130 valence electrons. The van der Waals surface area contributed by atoms with Crippen molar-refractivity contribution in [3.63, 3.8) is 0 Å². The Labute approximate surface area is 149 Å². The molecule has 0 saturated carbocycles. The molecule has 0 atom stereocenters. The summed E-state index contributed by atoms with van der Waals surface area (Å²) in [6.07, 6.45) is 0. The topological polar surface area (TPSA) is 42.7 Å². The van der Waals surface area contributed by atoms with E-state index in [0.717, 1.165) is 0 Å². The van der Waals surface area contributed by atoms with Crippen molar-refractivity contribution < 1.29 is 18.3 Å². The van der Waals surface area contributed by atoms with Crippen LogP contribution in [0.5, 0.6) is 5.75 Å². The summed E-state index contributed by atoms with van der Waals surface area (Å²) in [5.74, 6) is 0.477. The first-order chi connectivity index (χ1) is 11.9. The predicted molar refractivity (Wildman–Crippen MR) is 94.7 cm³/mol. The number of ether oxygens (including phenoxy) is 1. The Morgan fingerprint density at radius 1 is 1.28 bits per heavy atom. The maximum absolute atomic E-state index is 13.8. The molecular weight excluding hydrogens is 345 g/mol. The van der Waals surface area contributed by atoms with E-state index < -0.39 is 5.82 Å². The standard InChI is InChI=1S/C19H17ClFNO3/c1-11-18(19(23)22(2)3)13-9-12(7-8-17(13)25-11)24-10-14-15(20)5-4-6-16(14)21/h4-9H,10H2,1-3H3. The second kappa shape index (κ2) is 6.76. The minimum absolute atomic E-state index is 0.00912. The van der Waals surface area contributed by atoms with Gasteiger partial charge in [-0.15, -0.1) is 0 Å². The van der Waals surface area contributed by atoms with E-state index in [9.17, 15) is 9.18 Å². The van der Waals surface area contributed by atoms with E-state index in [1.807, 2.05) is 0 Å². The minimum Gasteiger partial charge on any atom is -0.489 e. The van der Waals surface area contributed by atoms with Crippen molar-refractivity contribution >= 4 is 28.5 Å². The van der Waals surface area contributed by atoms with Gasteiger partial charge in [-0.1, -0.05) is 17.7 Å². The Balaban J connectivity index is 1.93. The Hall–Kier alpha value is -2.53. The van der Waals surface area contributed by atoms with E-state index in [4.69, 9.17) is 20.8 Å². The van der Waals surface area contributed by atoms with Crippen LogP contribution in [0.1, 0.15) is 21.7 Å². The Kier molecular flexibility index (Phi) is 4.68. The zero-order chi connectivity index (χ0) is 18.1. The second-order valence-electron chi connectivity index (χ2n) is 5.88. The van der Waals surface area contributed by atoms with E-state index in [-0.39, 0.29) is 18.1 Å². The van der Waals surface area contributed by atoms with Gasteiger partial charge < -0.3 is 14.1 Å². The van der Waals surface area contributed by atoms with Crippen LogP contribution in [0.4, 0.5) is 4.39 Å². The number of halogens is 2. The molecule has 1 heterocycles. The van der Waals surface area contributed by atoms with Crippen LogP contribution in [-0.4, -0.2) is 24.9 Å². The number of nitrogens with zero attached hydrogens (tertiary/aromatic N) is 1. The summed E-state index contributed by atoms with van der Waals surface area (Å²) < 4.78 is 25.2. The van der Waals surface area contributed by atoms with Crippen molar-refractivity contribution in [3.8, 4) is 5.75 Å². The lowest BCUT2D eigenvalue weighted by Crippen LogP contribution is -2.22. The van der Waals surface area contributed by atoms with Gasteiger partial charge in [0.1, 0.15) is 29.5 Å². The molecule has 3 rings (SSSR count). The van der Waals surface area contributed by atoms with E-state index >= 15 is 0 Å². The molecule has 0 N–H and O–H groups in total. The van der Waals surface area contributed by atoms with Crippen molar-refractivity contribution in [1.82, 2.24) is 4.90 Å². The van der Waals surface area contributed by atoms with Crippen LogP contribution in [0.3, 0.4) is 0 Å². The van der Waals surface area contributed by atoms with Crippen LogP contribution in [-0.2, 0) is 6.61 Å². The molecule has 0 aliphatic heterocycles. The summed E-state index contributed by atoms with van der Waals surface area (Å²) in [4.78, 5) is 13.9. The summed E-state index contributed by atoms with van der Waals surface area (Å²) in [6.45, 7) is 1.74. The fraction of sp³-hybridized carbons (Fsp3) is 0.211. The van der Waals surface area contributed by atoms with Gasteiger partial charge >= 0.3 is 0 Å². The first-order valence-electron chi connectivity index (χ1n) is 7.69. The number of carbonyl (C=O) groups excluding carboxylic acids is 1. The smallest absolute Gasteiger partial charge is 0.257 e. The molecule has 0 radical (unpaired) electrons. The third-order valence-electron chi connectivity index (χ3n) is 3.90. The first kappa shape index (κ1) is 17.3. The number of hydrogen-bond acceptors (Lipinski definition) is 3. The van der Waals surface area contributed by atoms with Gasteiger partial charge in [0, 0.05) is 25.0 Å². The molecule has 1 aromatic heterocycles. The fourth-order valence-corrected chi connectivity index (χ4v) is 2.82. The monoisotopic (exact) mass is 361 g/mol. The molecule has 0 saturated heterocycles. The number of aryl methyl sites for hydroxylation is 1. The van der Waals surface area contributed by atoms with Crippen molar-refractivity contribution in [3.05, 3.63) is 64.1 Å². The third kappa shape index (κ3) is 3.33. The first-order valence-corrected chi connectivity index (χ1v) is 8.06. The largest absolute Gasteiger partial charge is 0.489 e. The fourth-order valence-electron chi connectivity index (χ4n) is 2.60. The number of carbonyl (C=O) groups is 1. The number of amides is 1. The molecule has 0 bridgehead atoms. The van der Waals surface area contributed by atoms with Crippen LogP contribution in [0.2, 0.25) is 5.02 Å². The van der Waals surface area contributed by atoms with E-state index in [1.54, 1.807) is 51.4 Å². The molecule has 25 heavy (non-hydrogen) atoms. The highest BCUT2D eigenvalue weighted by molar-refractivity contribution is 6.31. The number of hydrogen-bond donors (Lipinski definition) is 0. The molecule has 0 unspecified atom stereocenters. The molecule has 2 aromatic carbocycles. The zero-order valence-electron chi connectivity index (χ0n) is 14.1. The molecule has 0 fully saturated rings. The molecule has 3 aromatic rings. The Morgan fingerprint density at radius 2 is 2.04 bits per heavy atom. The SMILES string of the molecule is Cc1oc2ccc(OCc3c(F)cccc3Cl)cc2c1C(=O)N(C)C. The van der Waals surface area contributed by atoms with Crippen LogP contribution in [0, 0.1) is 12.7 Å². The zero-order valence-corrected chi connectivity index (χ0v) is 14.9. The highest BCUT2D eigenvalue weighted by Gasteiger charge is 2.20. The molecule has 0 spiro atoms. The Morgan fingerprint density at radius 3 is 2.72 bits per heavy atom. The number of fused-ring (bicyclic) bond motifs is 1. The summed E-state index contributed by atoms with van der Waals surface area (Å²) in [6, 6.07) is 9.65. The molecule has 4 nitrogen and oxygen atoms in total. The van der Waals surface area contributed by atoms with Crippen molar-refractivity contribution in [2.75, 3.05) is 14.1 Å². The predicted octanol–water partition coefficient (Wildman–Crippen LogP) is 4.81. The van der Waals surface area contributed by atoms with Crippen LogP contribution in [0.15, 0.2) is 40.8 Å². The molecular formula is C19H17ClFNO3. The lowest BCUT2D eigenvalue weighted by molar-refractivity contribution is 0.0827. The lowest BCUT2D eigenvalue weighted by Gasteiger charge is -2.11. The third-order valence-corrected chi connectivity index (χ3v) is 4.25. The quantitative estimate of drug-likeness (QED) is 0.669. The van der Waals surface area contributed by atoms with Gasteiger partial charge in [-0.05, 0) is 37.3 Å². The average Bonchev–Trinajstić information content (AvgIpc) is 2.88. The van der Waals surface area contributed by atoms with Gasteiger partial charge in [0.2, 0.25) is 0 Å². The van der Waals surface area contributed by atoms with E-state index in [1.165, 1.54) is 11.0 Å². The molecule has 1 amide bonds. The average molecular weight is 362 g/mol. The van der Waals surface area contributed by atoms with E-state index in [0.29, 0.717) is 33.1 Å². The molecule has 0 aliphatic rings. The van der Waals surface area contributed by atoms with Gasteiger partial charge in [0.15, 0.2) is 0 Å². The number of rotatable bonds is 4. The van der Waals surface area contributed by atoms with Crippen LogP contribution in [0.25, 0.3) is 11.0 Å². The summed E-state index contributed by atoms with van der Waals surface area (Å²) >= 11 is 6.01. The summed E-state index contributed by atoms with van der Waals surface area (Å²) in [5.41, 5.74) is 1.38. The maximum Gasteiger partial charge on any atom is 0.257 e. The molecule has 0 aliphatic carbocycles. The summed E-state index contributed by atoms with van der Waals surface area (Å²) in [7, 11) is 3.36. The van der Waals surface area contributed by atoms with E-state index in [2.05, 4.69) is 0 Å². The lowest BCUT2D eigenvalue weighted by atomic mass is 10.1. The van der Waals surface area contributed by atoms with Crippen molar-refractivity contribution in [2.24, 2.45) is 0 Å². The maximum atomic E-state index is 13.8. The van der Waals surface area contributed by atoms with Crippen LogP contribution >= 0.6 is 11.6 Å². The van der Waals surface area contributed by atoms with Crippen molar-refractivity contribution in [1.29, 1.82) is 0 Å². The number of benzene rings is 2. The highest BCUT2D eigenvalue weighted by Crippen LogP contribution is 2.30.